The number of carbonyl (C=O) groups is 2. The lowest BCUT2D eigenvalue weighted by molar-refractivity contribution is -0.141. The lowest BCUT2D eigenvalue weighted by atomic mass is 9.85. The summed E-state index contributed by atoms with van der Waals surface area (Å²) in [4.78, 5) is 28.8. The van der Waals surface area contributed by atoms with Gasteiger partial charge >= 0.3 is 0 Å². The van der Waals surface area contributed by atoms with Crippen LogP contribution in [0, 0.1) is 35.0 Å². The van der Waals surface area contributed by atoms with E-state index in [4.69, 9.17) is 5.26 Å². The van der Waals surface area contributed by atoms with Crippen LogP contribution in [-0.2, 0) is 16.1 Å². The van der Waals surface area contributed by atoms with Crippen LogP contribution in [0.3, 0.4) is 0 Å². The summed E-state index contributed by atoms with van der Waals surface area (Å²) in [6.07, 6.45) is 5.19. The summed E-state index contributed by atoms with van der Waals surface area (Å²) in [6, 6.07) is 13.8. The first-order valence-electron chi connectivity index (χ1n) is 8.78. The third-order valence-corrected chi connectivity index (χ3v) is 6.87. The Morgan fingerprint density at radius 3 is 2.46 bits per heavy atom. The predicted octanol–water partition coefficient (Wildman–Crippen LogP) is 3.59. The van der Waals surface area contributed by atoms with E-state index in [-0.39, 0.29) is 35.5 Å². The van der Waals surface area contributed by atoms with Gasteiger partial charge in [0, 0.05) is 4.88 Å². The number of carbonyl (C=O) groups excluding carboxylic acids is 2. The van der Waals surface area contributed by atoms with Gasteiger partial charge < -0.3 is 0 Å². The van der Waals surface area contributed by atoms with E-state index in [1.807, 2.05) is 36.4 Å². The van der Waals surface area contributed by atoms with E-state index >= 15 is 0 Å². The highest BCUT2D eigenvalue weighted by atomic mass is 32.1. The Kier molecular flexibility index (Phi) is 3.38. The molecule has 26 heavy (non-hydrogen) atoms. The lowest BCUT2D eigenvalue weighted by Gasteiger charge is -2.17. The Labute approximate surface area is 155 Å². The Balaban J connectivity index is 1.41. The number of allylic oxidation sites excluding steroid dienone is 2. The molecular weight excluding hydrogens is 344 g/mol. The summed E-state index contributed by atoms with van der Waals surface area (Å²) < 4.78 is 0. The molecule has 2 aromatic rings. The zero-order valence-corrected chi connectivity index (χ0v) is 14.8. The molecule has 1 aromatic carbocycles. The number of rotatable bonds is 3. The average molecular weight is 360 g/mol. The van der Waals surface area contributed by atoms with Gasteiger partial charge in [-0.3, -0.25) is 14.5 Å². The Bertz CT molecular complexity index is 969. The fraction of sp³-hybridized carbons (Fsp3) is 0.286. The molecule has 0 N–H and O–H groups in total. The average Bonchev–Trinajstić information content (AvgIpc) is 3.42. The molecule has 5 heteroatoms. The molecule has 2 bridgehead atoms. The van der Waals surface area contributed by atoms with Crippen LogP contribution >= 0.6 is 11.3 Å². The number of thiophene rings is 1. The van der Waals surface area contributed by atoms with E-state index < -0.39 is 0 Å². The first kappa shape index (κ1) is 15.5. The van der Waals surface area contributed by atoms with E-state index in [0.717, 1.165) is 22.4 Å². The van der Waals surface area contributed by atoms with Crippen molar-refractivity contribution in [3.63, 3.8) is 0 Å². The monoisotopic (exact) mass is 360 g/mol. The zero-order valence-electron chi connectivity index (χ0n) is 14.0. The molecule has 1 saturated heterocycles. The van der Waals surface area contributed by atoms with Gasteiger partial charge in [0.05, 0.1) is 18.4 Å². The van der Waals surface area contributed by atoms with E-state index in [0.29, 0.717) is 11.4 Å². The molecule has 0 unspecified atom stereocenters. The molecule has 2 heterocycles. The molecule has 2 aliphatic carbocycles. The maximum absolute atomic E-state index is 12.8. The summed E-state index contributed by atoms with van der Waals surface area (Å²) in [6.45, 7) is 0.328. The summed E-state index contributed by atoms with van der Waals surface area (Å²) >= 11 is 1.44. The maximum Gasteiger partial charge on any atom is 0.234 e. The number of benzene rings is 1. The molecular formula is C21H16N2O2S. The number of likely N-dealkylation sites (tertiary alicyclic amines) is 1. The van der Waals surface area contributed by atoms with Crippen LogP contribution in [0.1, 0.15) is 16.9 Å². The van der Waals surface area contributed by atoms with Crippen molar-refractivity contribution in [1.29, 1.82) is 5.26 Å². The van der Waals surface area contributed by atoms with E-state index in [1.54, 1.807) is 0 Å². The minimum absolute atomic E-state index is 0.00913. The lowest BCUT2D eigenvalue weighted by Crippen LogP contribution is -2.32. The van der Waals surface area contributed by atoms with Crippen molar-refractivity contribution in [2.45, 2.75) is 13.0 Å². The van der Waals surface area contributed by atoms with Crippen molar-refractivity contribution < 1.29 is 9.59 Å². The number of nitrogens with zero attached hydrogens (tertiary/aromatic N) is 2. The summed E-state index contributed by atoms with van der Waals surface area (Å²) in [7, 11) is 0. The zero-order chi connectivity index (χ0) is 17.8. The molecule has 0 radical (unpaired) electrons. The molecule has 2 fully saturated rings. The van der Waals surface area contributed by atoms with Gasteiger partial charge in [0.15, 0.2) is 0 Å². The number of hydrogen-bond donors (Lipinski definition) is 0. The Morgan fingerprint density at radius 1 is 1.08 bits per heavy atom. The van der Waals surface area contributed by atoms with E-state index in [2.05, 4.69) is 18.2 Å². The molecule has 4 atom stereocenters. The van der Waals surface area contributed by atoms with Gasteiger partial charge in [-0.25, -0.2) is 0 Å². The molecule has 2 amide bonds. The van der Waals surface area contributed by atoms with Crippen LogP contribution < -0.4 is 0 Å². The van der Waals surface area contributed by atoms with Crippen molar-refractivity contribution in [2.24, 2.45) is 23.7 Å². The number of hydrogen-bond acceptors (Lipinski definition) is 4. The van der Waals surface area contributed by atoms with Gasteiger partial charge in [0.25, 0.3) is 0 Å². The van der Waals surface area contributed by atoms with Gasteiger partial charge in [-0.05, 0) is 47.6 Å². The fourth-order valence-corrected chi connectivity index (χ4v) is 5.48. The predicted molar refractivity (Wildman–Crippen MR) is 97.7 cm³/mol. The third kappa shape index (κ3) is 2.19. The highest BCUT2D eigenvalue weighted by Crippen LogP contribution is 2.52. The smallest absolute Gasteiger partial charge is 0.234 e. The molecule has 0 spiro atoms. The van der Waals surface area contributed by atoms with E-state index in [9.17, 15) is 9.59 Å². The summed E-state index contributed by atoms with van der Waals surface area (Å²) in [5, 5.41) is 9.00. The molecule has 1 saturated carbocycles. The van der Waals surface area contributed by atoms with Crippen LogP contribution in [0.25, 0.3) is 10.4 Å². The standard InChI is InChI=1S/C21H16N2O2S/c22-10-16-6-7-17(26-16)13-3-1-2-12(8-13)11-23-20(24)18-14-4-5-15(9-14)19(18)21(23)25/h1-8,14-15,18-19H,9,11H2/t14-,15-,18+,19+/m0/s1. The van der Waals surface area contributed by atoms with Crippen LogP contribution in [0.15, 0.2) is 48.6 Å². The van der Waals surface area contributed by atoms with Crippen molar-refractivity contribution in [1.82, 2.24) is 4.90 Å². The molecule has 5 rings (SSSR count). The van der Waals surface area contributed by atoms with Gasteiger partial charge in [0.2, 0.25) is 11.8 Å². The molecule has 3 aliphatic rings. The molecule has 128 valence electrons. The summed E-state index contributed by atoms with van der Waals surface area (Å²) in [5.41, 5.74) is 1.95. The largest absolute Gasteiger partial charge is 0.278 e. The number of fused-ring (bicyclic) bond motifs is 5. The van der Waals surface area contributed by atoms with Crippen LogP contribution in [0.2, 0.25) is 0 Å². The topological polar surface area (TPSA) is 61.2 Å². The van der Waals surface area contributed by atoms with Gasteiger partial charge in [-0.2, -0.15) is 5.26 Å². The van der Waals surface area contributed by atoms with Crippen LogP contribution in [0.4, 0.5) is 0 Å². The quantitative estimate of drug-likeness (QED) is 0.621. The Morgan fingerprint density at radius 2 is 1.81 bits per heavy atom. The second-order valence-corrected chi connectivity index (χ2v) is 8.32. The second-order valence-electron chi connectivity index (χ2n) is 7.24. The minimum atomic E-state index is -0.142. The SMILES string of the molecule is N#Cc1ccc(-c2cccc(CN3C(=O)[C@H]4[C@H](C3=O)[C@H]3C=C[C@H]4C3)c2)s1. The van der Waals surface area contributed by atoms with Crippen molar-refractivity contribution >= 4 is 23.2 Å². The number of imide groups is 1. The van der Waals surface area contributed by atoms with Crippen LogP contribution in [0.5, 0.6) is 0 Å². The van der Waals surface area contributed by atoms with Crippen LogP contribution in [-0.4, -0.2) is 16.7 Å². The highest BCUT2D eigenvalue weighted by Gasteiger charge is 2.59. The first-order chi connectivity index (χ1) is 12.7. The van der Waals surface area contributed by atoms with Crippen molar-refractivity contribution in [3.8, 4) is 16.5 Å². The van der Waals surface area contributed by atoms with Gasteiger partial charge in [0.1, 0.15) is 10.9 Å². The van der Waals surface area contributed by atoms with Crippen molar-refractivity contribution in [2.75, 3.05) is 0 Å². The molecule has 1 aromatic heterocycles. The van der Waals surface area contributed by atoms with Crippen molar-refractivity contribution in [3.05, 3.63) is 59.0 Å². The third-order valence-electron chi connectivity index (χ3n) is 5.83. The first-order valence-corrected chi connectivity index (χ1v) is 9.60. The highest BCUT2D eigenvalue weighted by molar-refractivity contribution is 7.16. The molecule has 4 nitrogen and oxygen atoms in total. The number of amides is 2. The second kappa shape index (κ2) is 5.65. The number of nitriles is 1. The summed E-state index contributed by atoms with van der Waals surface area (Å²) in [5.74, 6) is 0.184. The maximum atomic E-state index is 12.8. The van der Waals surface area contributed by atoms with Gasteiger partial charge in [-0.1, -0.05) is 30.4 Å². The normalized spacial score (nSPS) is 28.7. The molecule has 1 aliphatic heterocycles. The minimum Gasteiger partial charge on any atom is -0.278 e. The Hall–Kier alpha value is -2.71. The van der Waals surface area contributed by atoms with E-state index in [1.165, 1.54) is 16.2 Å². The fourth-order valence-electron chi connectivity index (χ4n) is 4.68. The van der Waals surface area contributed by atoms with Gasteiger partial charge in [-0.15, -0.1) is 11.3 Å².